The molecule has 4 aliphatic carbocycles. The molecule has 2 amide bonds. The number of nitrogens with one attached hydrogen (secondary N) is 2. The van der Waals surface area contributed by atoms with Gasteiger partial charge in [-0.3, -0.25) is 0 Å². The fourth-order valence-corrected chi connectivity index (χ4v) is 12.3. The van der Waals surface area contributed by atoms with Crippen LogP contribution in [0, 0.1) is 52.3 Å². The highest BCUT2D eigenvalue weighted by atomic mass is 32.2. The van der Waals surface area contributed by atoms with Crippen LogP contribution in [0.3, 0.4) is 0 Å². The molecule has 1 aromatic heterocycles. The minimum atomic E-state index is -3.83. The third kappa shape index (κ3) is 5.37. The van der Waals surface area contributed by atoms with Gasteiger partial charge < -0.3 is 15.5 Å². The van der Waals surface area contributed by atoms with Crippen LogP contribution in [0.15, 0.2) is 21.7 Å². The number of rotatable bonds is 7. The van der Waals surface area contributed by atoms with E-state index in [1.165, 1.54) is 31.7 Å². The number of fused-ring (bicyclic) bond motifs is 5. The molecule has 1 heterocycles. The van der Waals surface area contributed by atoms with Crippen molar-refractivity contribution in [3.8, 4) is 0 Å². The molecular formula is C31H50N2O5S2. The average molecular weight is 595 g/mol. The number of thiophene rings is 1. The summed E-state index contributed by atoms with van der Waals surface area (Å²) >= 11 is 1.09. The largest absolute Gasteiger partial charge is 0.393 e. The van der Waals surface area contributed by atoms with Crippen LogP contribution in [-0.4, -0.2) is 43.4 Å². The number of amides is 2. The Hall–Kier alpha value is -1.16. The Balaban J connectivity index is 1.24. The second kappa shape index (κ2) is 11.5. The van der Waals surface area contributed by atoms with Gasteiger partial charge in [-0.2, -0.15) is 0 Å². The van der Waals surface area contributed by atoms with E-state index in [0.717, 1.165) is 49.9 Å². The van der Waals surface area contributed by atoms with E-state index in [-0.39, 0.29) is 33.2 Å². The highest BCUT2D eigenvalue weighted by Crippen LogP contribution is 2.68. The van der Waals surface area contributed by atoms with Gasteiger partial charge in [0.1, 0.15) is 4.21 Å². The van der Waals surface area contributed by atoms with E-state index >= 15 is 0 Å². The second-order valence-corrected chi connectivity index (χ2v) is 16.9. The molecule has 1 aromatic rings. The van der Waals surface area contributed by atoms with Gasteiger partial charge >= 0.3 is 6.03 Å². The van der Waals surface area contributed by atoms with E-state index in [9.17, 15) is 23.4 Å². The first-order valence-corrected chi connectivity index (χ1v) is 18.0. The molecule has 0 spiro atoms. The van der Waals surface area contributed by atoms with Crippen molar-refractivity contribution in [1.82, 2.24) is 10.0 Å². The number of urea groups is 1. The van der Waals surface area contributed by atoms with E-state index in [1.807, 2.05) is 0 Å². The van der Waals surface area contributed by atoms with E-state index < -0.39 is 16.1 Å². The van der Waals surface area contributed by atoms with Crippen molar-refractivity contribution in [3.05, 3.63) is 17.5 Å². The quantitative estimate of drug-likeness (QED) is 0.320. The summed E-state index contributed by atoms with van der Waals surface area (Å²) in [7, 11) is -3.83. The van der Waals surface area contributed by atoms with Gasteiger partial charge in [0.25, 0.3) is 10.0 Å². The van der Waals surface area contributed by atoms with Crippen LogP contribution in [0.25, 0.3) is 0 Å². The lowest BCUT2D eigenvalue weighted by molar-refractivity contribution is -0.0964. The van der Waals surface area contributed by atoms with Crippen LogP contribution in [-0.2, 0) is 10.0 Å². The molecule has 5 rings (SSSR count). The monoisotopic (exact) mass is 594 g/mol. The first-order chi connectivity index (χ1) is 18.9. The molecule has 0 bridgehead atoms. The zero-order valence-corrected chi connectivity index (χ0v) is 26.3. The summed E-state index contributed by atoms with van der Waals surface area (Å²) in [6, 6.07) is 2.47. The normalized spacial score (nSPS) is 42.1. The summed E-state index contributed by atoms with van der Waals surface area (Å²) < 4.78 is 27.0. The number of carbonyl (C=O) groups excluding carboxylic acids is 1. The van der Waals surface area contributed by atoms with Gasteiger partial charge in [0.15, 0.2) is 0 Å². The maximum absolute atomic E-state index is 12.3. The maximum Gasteiger partial charge on any atom is 0.328 e. The summed E-state index contributed by atoms with van der Waals surface area (Å²) in [5.41, 5.74) is 0.408. The molecule has 4 aliphatic rings. The number of hydrogen-bond acceptors (Lipinski definition) is 6. The smallest absolute Gasteiger partial charge is 0.328 e. The summed E-state index contributed by atoms with van der Waals surface area (Å²) in [6.45, 7) is 9.94. The summed E-state index contributed by atoms with van der Waals surface area (Å²) in [5, 5.41) is 26.6. The maximum atomic E-state index is 12.3. The van der Waals surface area contributed by atoms with E-state index in [4.69, 9.17) is 0 Å². The molecule has 4 N–H and O–H groups in total. The standard InChI is InChI=1S/C31H50N2O5S2/c1-5-21-26-17-20(34)10-13-31(26,4)25-11-14-30(3)23(8-9-24(30)22(25)18-27(21)35)19(2)12-15-32-29(36)33-40(37,38)28-7-6-16-39-28/h6-7,16,19-27,34-35H,5,8-15,17-18H2,1-4H3,(H2,32,33,36)/t19-,20-,21-,22-,23-,24+,25+,26+,27?,30-,31-/m1/s1. The molecule has 9 heteroatoms. The minimum Gasteiger partial charge on any atom is -0.393 e. The molecule has 226 valence electrons. The van der Waals surface area contributed by atoms with Crippen LogP contribution >= 0.6 is 11.3 Å². The fourth-order valence-electron chi connectivity index (χ4n) is 10.4. The molecule has 11 atom stereocenters. The van der Waals surface area contributed by atoms with Crippen LogP contribution in [0.2, 0.25) is 0 Å². The van der Waals surface area contributed by atoms with Crippen molar-refractivity contribution in [2.75, 3.05) is 6.54 Å². The third-order valence-electron chi connectivity index (χ3n) is 12.3. The Labute approximate surface area is 245 Å². The van der Waals surface area contributed by atoms with Gasteiger partial charge in [-0.05, 0) is 121 Å². The summed E-state index contributed by atoms with van der Waals surface area (Å²) in [4.78, 5) is 12.3. The van der Waals surface area contributed by atoms with Crippen LogP contribution in [0.4, 0.5) is 4.79 Å². The van der Waals surface area contributed by atoms with Crippen LogP contribution in [0.1, 0.15) is 91.9 Å². The molecule has 7 nitrogen and oxygen atoms in total. The Kier molecular flexibility index (Phi) is 8.71. The van der Waals surface area contributed by atoms with Crippen molar-refractivity contribution in [2.24, 2.45) is 52.3 Å². The molecule has 0 aliphatic heterocycles. The van der Waals surface area contributed by atoms with Crippen LogP contribution in [0.5, 0.6) is 0 Å². The molecule has 4 fully saturated rings. The first-order valence-electron chi connectivity index (χ1n) is 15.6. The molecule has 0 radical (unpaired) electrons. The Bertz CT molecular complexity index is 1140. The third-order valence-corrected chi connectivity index (χ3v) is 15.0. The fraction of sp³-hybridized carbons (Fsp3) is 0.839. The van der Waals surface area contributed by atoms with Gasteiger partial charge in [-0.25, -0.2) is 17.9 Å². The molecular weight excluding hydrogens is 544 g/mol. The van der Waals surface area contributed by atoms with Crippen molar-refractivity contribution in [3.63, 3.8) is 0 Å². The SMILES string of the molecule is CC[C@H]1C(O)C[C@H]2[C@H](CC[C@]3(C)[C@@H]([C@H](C)CCNC(=O)NS(=O)(=O)c4cccs4)CC[C@@H]23)[C@@]2(C)CC[C@@H](O)C[C@@H]12. The molecule has 0 aromatic carbocycles. The van der Waals surface area contributed by atoms with Gasteiger partial charge in [-0.1, -0.05) is 40.2 Å². The van der Waals surface area contributed by atoms with Gasteiger partial charge in [0.05, 0.1) is 12.2 Å². The van der Waals surface area contributed by atoms with E-state index in [0.29, 0.717) is 42.1 Å². The lowest BCUT2D eigenvalue weighted by Crippen LogP contribution is -2.51. The topological polar surface area (TPSA) is 116 Å². The molecule has 1 unspecified atom stereocenters. The highest BCUT2D eigenvalue weighted by molar-refractivity contribution is 7.92. The first kappa shape index (κ1) is 30.3. The second-order valence-electron chi connectivity index (χ2n) is 14.1. The number of sulfonamides is 1. The highest BCUT2D eigenvalue weighted by Gasteiger charge is 2.61. The number of carbonyl (C=O) groups is 1. The van der Waals surface area contributed by atoms with Crippen molar-refractivity contribution in [2.45, 2.75) is 108 Å². The zero-order valence-electron chi connectivity index (χ0n) is 24.6. The van der Waals surface area contributed by atoms with Gasteiger partial charge in [-0.15, -0.1) is 11.3 Å². The van der Waals surface area contributed by atoms with Crippen molar-refractivity contribution < 1.29 is 23.4 Å². The lowest BCUT2D eigenvalue weighted by atomic mass is 9.48. The van der Waals surface area contributed by atoms with Crippen LogP contribution < -0.4 is 10.0 Å². The Morgan fingerprint density at radius 3 is 2.50 bits per heavy atom. The van der Waals surface area contributed by atoms with Crippen molar-refractivity contribution >= 4 is 27.4 Å². The Morgan fingerprint density at radius 1 is 1.07 bits per heavy atom. The van der Waals surface area contributed by atoms with E-state index in [1.54, 1.807) is 11.4 Å². The number of hydrogen-bond donors (Lipinski definition) is 4. The molecule has 4 saturated carbocycles. The van der Waals surface area contributed by atoms with Crippen molar-refractivity contribution in [1.29, 1.82) is 0 Å². The Morgan fingerprint density at radius 2 is 1.80 bits per heavy atom. The summed E-state index contributed by atoms with van der Waals surface area (Å²) in [5.74, 6) is 3.36. The number of aliphatic hydroxyl groups is 2. The minimum absolute atomic E-state index is 0.134. The lowest BCUT2D eigenvalue weighted by Gasteiger charge is -2.57. The predicted molar refractivity (Wildman–Crippen MR) is 158 cm³/mol. The number of aliphatic hydroxyl groups excluding tert-OH is 2. The summed E-state index contributed by atoms with van der Waals surface area (Å²) in [6.07, 6.45) is 9.75. The zero-order chi connectivity index (χ0) is 28.9. The van der Waals surface area contributed by atoms with E-state index in [2.05, 4.69) is 37.7 Å². The van der Waals surface area contributed by atoms with Gasteiger partial charge in [0, 0.05) is 6.54 Å². The molecule has 0 saturated heterocycles. The molecule has 40 heavy (non-hydrogen) atoms. The predicted octanol–water partition coefficient (Wildman–Crippen LogP) is 5.78. The van der Waals surface area contributed by atoms with Gasteiger partial charge in [0.2, 0.25) is 0 Å². The average Bonchev–Trinajstić information content (AvgIpc) is 3.53.